The molecular weight excluding hydrogens is 202 g/mol. The molecular formula is C12H12N3O. The van der Waals surface area contributed by atoms with Gasteiger partial charge in [-0.25, -0.2) is 0 Å². The van der Waals surface area contributed by atoms with E-state index < -0.39 is 0 Å². The van der Waals surface area contributed by atoms with Gasteiger partial charge in [0.15, 0.2) is 0 Å². The first kappa shape index (κ1) is 12.0. The number of unbranched alkanes of at least 4 members (excludes halogenated alkanes) is 2. The topological polar surface area (TPSA) is 58.0 Å². The van der Waals surface area contributed by atoms with Crippen LogP contribution in [0.25, 0.3) is 10.4 Å². The standard InChI is InChI=1S/C12H12N3O/c1-2-3-4-5-9-16-12-8-6-7-11(10-12)14-15-13/h1,6,8,10H,3-5,9H2. The summed E-state index contributed by atoms with van der Waals surface area (Å²) in [4.78, 5) is 2.68. The molecule has 0 amide bonds. The van der Waals surface area contributed by atoms with Crippen LogP contribution in [-0.2, 0) is 0 Å². The maximum atomic E-state index is 8.26. The highest BCUT2D eigenvalue weighted by atomic mass is 16.5. The molecule has 0 atom stereocenters. The van der Waals surface area contributed by atoms with Crippen LogP contribution >= 0.6 is 0 Å². The molecule has 1 rings (SSSR count). The number of hydrogen-bond acceptors (Lipinski definition) is 2. The van der Waals surface area contributed by atoms with Crippen LogP contribution in [0.4, 0.5) is 5.69 Å². The Labute approximate surface area is 94.9 Å². The molecule has 0 saturated carbocycles. The zero-order valence-electron chi connectivity index (χ0n) is 8.89. The van der Waals surface area contributed by atoms with Gasteiger partial charge in [-0.1, -0.05) is 11.2 Å². The first-order chi connectivity index (χ1) is 7.86. The number of benzene rings is 1. The van der Waals surface area contributed by atoms with Gasteiger partial charge in [-0.3, -0.25) is 0 Å². The van der Waals surface area contributed by atoms with Crippen LogP contribution in [0.15, 0.2) is 23.3 Å². The predicted octanol–water partition coefficient (Wildman–Crippen LogP) is 3.61. The van der Waals surface area contributed by atoms with Gasteiger partial charge >= 0.3 is 0 Å². The first-order valence-electron chi connectivity index (χ1n) is 5.00. The van der Waals surface area contributed by atoms with Crippen LogP contribution in [0, 0.1) is 18.4 Å². The molecule has 4 heteroatoms. The van der Waals surface area contributed by atoms with Gasteiger partial charge in [0.2, 0.25) is 0 Å². The minimum Gasteiger partial charge on any atom is -0.494 e. The highest BCUT2D eigenvalue weighted by Crippen LogP contribution is 2.19. The molecule has 81 valence electrons. The second-order valence-corrected chi connectivity index (χ2v) is 3.11. The van der Waals surface area contributed by atoms with Crippen LogP contribution in [0.3, 0.4) is 0 Å². The van der Waals surface area contributed by atoms with Crippen LogP contribution in [0.2, 0.25) is 0 Å². The normalized spacial score (nSPS) is 8.94. The maximum absolute atomic E-state index is 8.26. The fourth-order valence-electron chi connectivity index (χ4n) is 1.15. The lowest BCUT2D eigenvalue weighted by Gasteiger charge is -2.05. The lowest BCUT2D eigenvalue weighted by molar-refractivity contribution is 0.308. The SMILES string of the molecule is C#CCCCCOc1cc[c]c(N=[N+]=[N-])c1. The second-order valence-electron chi connectivity index (χ2n) is 3.11. The molecule has 0 aliphatic carbocycles. The van der Waals surface area contributed by atoms with Gasteiger partial charge in [0.25, 0.3) is 0 Å². The fraction of sp³-hybridized carbons (Fsp3) is 0.333. The Kier molecular flexibility index (Phi) is 5.40. The molecule has 1 aromatic rings. The van der Waals surface area contributed by atoms with E-state index in [0.29, 0.717) is 18.0 Å². The summed E-state index contributed by atoms with van der Waals surface area (Å²) < 4.78 is 5.47. The van der Waals surface area contributed by atoms with E-state index in [1.165, 1.54) is 0 Å². The van der Waals surface area contributed by atoms with Gasteiger partial charge in [-0.15, -0.1) is 12.3 Å². The molecule has 0 fully saturated rings. The largest absolute Gasteiger partial charge is 0.494 e. The summed E-state index contributed by atoms with van der Waals surface area (Å²) in [5.74, 6) is 3.26. The monoisotopic (exact) mass is 214 g/mol. The number of azide groups is 1. The van der Waals surface area contributed by atoms with Gasteiger partial charge in [-0.05, 0) is 36.6 Å². The Morgan fingerprint density at radius 1 is 1.56 bits per heavy atom. The third-order valence-electron chi connectivity index (χ3n) is 1.89. The maximum Gasteiger partial charge on any atom is 0.119 e. The number of ether oxygens (including phenoxy) is 1. The van der Waals surface area contributed by atoms with Crippen molar-refractivity contribution in [2.45, 2.75) is 19.3 Å². The zero-order valence-corrected chi connectivity index (χ0v) is 8.89. The Morgan fingerprint density at radius 2 is 2.44 bits per heavy atom. The lowest BCUT2D eigenvalue weighted by Crippen LogP contribution is -1.96. The second kappa shape index (κ2) is 7.22. The minimum atomic E-state index is 0.434. The van der Waals surface area contributed by atoms with Crippen molar-refractivity contribution in [3.05, 3.63) is 34.7 Å². The summed E-state index contributed by atoms with van der Waals surface area (Å²) in [6.07, 6.45) is 7.78. The molecule has 0 saturated heterocycles. The molecule has 0 spiro atoms. The van der Waals surface area contributed by atoms with Crippen LogP contribution in [0.5, 0.6) is 5.75 Å². The average Bonchev–Trinajstić information content (AvgIpc) is 2.30. The van der Waals surface area contributed by atoms with Gasteiger partial charge in [0.1, 0.15) is 5.75 Å². The van der Waals surface area contributed by atoms with Crippen molar-refractivity contribution in [1.82, 2.24) is 0 Å². The molecule has 0 N–H and O–H groups in total. The minimum absolute atomic E-state index is 0.434. The number of hydrogen-bond donors (Lipinski definition) is 0. The first-order valence-corrected chi connectivity index (χ1v) is 5.00. The lowest BCUT2D eigenvalue weighted by atomic mass is 10.2. The highest BCUT2D eigenvalue weighted by Gasteiger charge is 1.95. The summed E-state index contributed by atoms with van der Waals surface area (Å²) in [6.45, 7) is 0.613. The van der Waals surface area contributed by atoms with Crippen LogP contribution < -0.4 is 4.74 Å². The Morgan fingerprint density at radius 3 is 3.19 bits per heavy atom. The summed E-state index contributed by atoms with van der Waals surface area (Å²) in [5, 5.41) is 3.44. The Balaban J connectivity index is 2.39. The highest BCUT2D eigenvalue weighted by molar-refractivity contribution is 5.41. The number of rotatable bonds is 6. The van der Waals surface area contributed by atoms with Gasteiger partial charge in [-0.2, -0.15) is 0 Å². The van der Waals surface area contributed by atoms with Crippen molar-refractivity contribution in [2.24, 2.45) is 5.11 Å². The van der Waals surface area contributed by atoms with Crippen molar-refractivity contribution in [3.8, 4) is 18.1 Å². The molecule has 4 nitrogen and oxygen atoms in total. The average molecular weight is 214 g/mol. The summed E-state index contributed by atoms with van der Waals surface area (Å²) in [6, 6.07) is 7.89. The van der Waals surface area contributed by atoms with E-state index in [1.54, 1.807) is 18.2 Å². The number of terminal acetylenes is 1. The van der Waals surface area contributed by atoms with Crippen LogP contribution in [0.1, 0.15) is 19.3 Å². The van der Waals surface area contributed by atoms with E-state index in [-0.39, 0.29) is 0 Å². The van der Waals surface area contributed by atoms with Crippen LogP contribution in [-0.4, -0.2) is 6.61 Å². The molecule has 16 heavy (non-hydrogen) atoms. The van der Waals surface area contributed by atoms with E-state index in [2.05, 4.69) is 22.0 Å². The smallest absolute Gasteiger partial charge is 0.119 e. The van der Waals surface area contributed by atoms with Crippen molar-refractivity contribution in [3.63, 3.8) is 0 Å². The molecule has 0 aromatic heterocycles. The third kappa shape index (κ3) is 4.41. The molecule has 1 radical (unpaired) electrons. The molecule has 0 aliphatic rings. The van der Waals surface area contributed by atoms with E-state index in [0.717, 1.165) is 19.3 Å². The third-order valence-corrected chi connectivity index (χ3v) is 1.89. The fourth-order valence-corrected chi connectivity index (χ4v) is 1.15. The zero-order chi connectivity index (χ0) is 11.6. The van der Waals surface area contributed by atoms with E-state index in [1.807, 2.05) is 0 Å². The molecule has 0 heterocycles. The van der Waals surface area contributed by atoms with Crippen molar-refractivity contribution >= 4 is 5.69 Å². The Bertz CT molecular complexity index is 417. The van der Waals surface area contributed by atoms with Gasteiger partial charge in [0, 0.05) is 17.0 Å². The quantitative estimate of drug-likeness (QED) is 0.234. The Hall–Kier alpha value is -2.11. The summed E-state index contributed by atoms with van der Waals surface area (Å²) in [7, 11) is 0. The van der Waals surface area contributed by atoms with Crippen molar-refractivity contribution in [1.29, 1.82) is 0 Å². The van der Waals surface area contributed by atoms with Gasteiger partial charge in [0.05, 0.1) is 6.61 Å². The van der Waals surface area contributed by atoms with Crippen molar-refractivity contribution < 1.29 is 4.74 Å². The van der Waals surface area contributed by atoms with E-state index in [4.69, 9.17) is 16.7 Å². The molecule has 0 unspecified atom stereocenters. The number of nitrogens with zero attached hydrogens (tertiary/aromatic N) is 3. The molecule has 0 aliphatic heterocycles. The summed E-state index contributed by atoms with van der Waals surface area (Å²) >= 11 is 0. The van der Waals surface area contributed by atoms with Crippen molar-refractivity contribution in [2.75, 3.05) is 6.61 Å². The van der Waals surface area contributed by atoms with E-state index >= 15 is 0 Å². The predicted molar refractivity (Wildman–Crippen MR) is 62.3 cm³/mol. The van der Waals surface area contributed by atoms with E-state index in [9.17, 15) is 0 Å². The molecule has 0 bridgehead atoms. The van der Waals surface area contributed by atoms with Gasteiger partial charge < -0.3 is 4.74 Å². The molecule has 1 aromatic carbocycles. The summed E-state index contributed by atoms with van der Waals surface area (Å²) in [5.41, 5.74) is 8.70.